The topological polar surface area (TPSA) is 25.8 Å². The van der Waals surface area contributed by atoms with E-state index in [-0.39, 0.29) is 5.54 Å². The van der Waals surface area contributed by atoms with Crippen LogP contribution in [0.1, 0.15) is 46.6 Å². The third-order valence-electron chi connectivity index (χ3n) is 3.15. The molecule has 0 aliphatic rings. The first-order chi connectivity index (χ1) is 9.04. The first-order valence-corrected chi connectivity index (χ1v) is 7.66. The van der Waals surface area contributed by atoms with E-state index in [0.29, 0.717) is 15.5 Å². The third kappa shape index (κ3) is 5.51. The highest BCUT2D eigenvalue weighted by Gasteiger charge is 2.28. The molecule has 1 aromatic carbocycles. The highest BCUT2D eigenvalue weighted by molar-refractivity contribution is 6.35. The normalized spacial score (nSPS) is 12.6. The molecule has 0 bridgehead atoms. The fourth-order valence-electron chi connectivity index (χ4n) is 2.82. The van der Waals surface area contributed by atoms with Gasteiger partial charge in [0.25, 0.3) is 0 Å². The summed E-state index contributed by atoms with van der Waals surface area (Å²) < 4.78 is 5.39. The van der Waals surface area contributed by atoms with Crippen molar-refractivity contribution in [1.29, 1.82) is 0 Å². The minimum atomic E-state index is 0.151. The van der Waals surface area contributed by atoms with E-state index < -0.39 is 0 Å². The highest BCUT2D eigenvalue weighted by Crippen LogP contribution is 2.32. The molecule has 0 spiro atoms. The van der Waals surface area contributed by atoms with E-state index in [1.54, 1.807) is 13.2 Å². The van der Waals surface area contributed by atoms with Crippen LogP contribution < -0.4 is 10.1 Å². The van der Waals surface area contributed by atoms with Gasteiger partial charge in [-0.3, -0.25) is 0 Å². The zero-order chi connectivity index (χ0) is 15.6. The number of benzene rings is 1. The molecule has 1 rings (SSSR count). The molecule has 2 nitrogen and oxygen atoms in total. The Labute approximate surface area is 132 Å². The second-order valence-electron chi connectivity index (χ2n) is 7.21. The smallest absolute Gasteiger partial charge is 0.146 e. The van der Waals surface area contributed by atoms with Crippen molar-refractivity contribution in [3.05, 3.63) is 27.7 Å². The first-order valence-electron chi connectivity index (χ1n) is 6.90. The summed E-state index contributed by atoms with van der Waals surface area (Å²) in [4.78, 5) is 0. The average molecular weight is 319 g/mol. The van der Waals surface area contributed by atoms with Crippen molar-refractivity contribution in [2.45, 2.75) is 53.1 Å². The largest absolute Gasteiger partial charge is 0.495 e. The molecule has 0 aliphatic carbocycles. The van der Waals surface area contributed by atoms with Crippen LogP contribution in [0.3, 0.4) is 0 Å². The van der Waals surface area contributed by atoms with Crippen LogP contribution in [-0.2, 0) is 6.54 Å². The molecule has 0 atom stereocenters. The summed E-state index contributed by atoms with van der Waals surface area (Å²) >= 11 is 12.2. The van der Waals surface area contributed by atoms with Crippen molar-refractivity contribution >= 4 is 23.2 Å². The van der Waals surface area contributed by atoms with Crippen LogP contribution in [-0.4, -0.2) is 12.6 Å². The Morgan fingerprint density at radius 1 is 1.10 bits per heavy atom. The Balaban J connectivity index is 2.84. The van der Waals surface area contributed by atoms with Gasteiger partial charge in [0, 0.05) is 11.4 Å². The van der Waals surface area contributed by atoms with E-state index in [1.807, 2.05) is 6.07 Å². The molecule has 20 heavy (non-hydrogen) atoms. The number of methoxy groups -OCH3 is 1. The van der Waals surface area contributed by atoms with Gasteiger partial charge in [-0.05, 0) is 31.4 Å². The molecule has 0 radical (unpaired) electrons. The first kappa shape index (κ1) is 17.6. The fourth-order valence-corrected chi connectivity index (χ4v) is 3.43. The minimum Gasteiger partial charge on any atom is -0.495 e. The molecular weight excluding hydrogens is 293 g/mol. The molecule has 0 amide bonds. The number of nitrogens with two attached hydrogens (primary N) is 1. The molecule has 4 heteroatoms. The number of halogens is 2. The van der Waals surface area contributed by atoms with E-state index in [9.17, 15) is 0 Å². The number of quaternary nitrogens is 1. The van der Waals surface area contributed by atoms with Crippen molar-refractivity contribution in [1.82, 2.24) is 0 Å². The van der Waals surface area contributed by atoms with Crippen LogP contribution in [0.5, 0.6) is 5.75 Å². The van der Waals surface area contributed by atoms with Crippen LogP contribution in [0, 0.1) is 5.41 Å². The Hall–Kier alpha value is -0.440. The lowest BCUT2D eigenvalue weighted by Crippen LogP contribution is -2.94. The van der Waals surface area contributed by atoms with Crippen molar-refractivity contribution in [2.75, 3.05) is 7.11 Å². The zero-order valence-electron chi connectivity index (χ0n) is 13.3. The number of hydrogen-bond acceptors (Lipinski definition) is 1. The Kier molecular flexibility index (Phi) is 5.77. The van der Waals surface area contributed by atoms with Crippen molar-refractivity contribution in [2.24, 2.45) is 5.41 Å². The monoisotopic (exact) mass is 318 g/mol. The zero-order valence-corrected chi connectivity index (χ0v) is 14.8. The van der Waals surface area contributed by atoms with Gasteiger partial charge in [-0.2, -0.15) is 0 Å². The lowest BCUT2D eigenvalue weighted by molar-refractivity contribution is -0.737. The van der Waals surface area contributed by atoms with Gasteiger partial charge in [-0.15, -0.1) is 0 Å². The molecule has 2 N–H and O–H groups in total. The quantitative estimate of drug-likeness (QED) is 0.861. The second-order valence-corrected chi connectivity index (χ2v) is 8.06. The molecule has 0 unspecified atom stereocenters. The Morgan fingerprint density at radius 3 is 2.20 bits per heavy atom. The summed E-state index contributed by atoms with van der Waals surface area (Å²) in [5, 5.41) is 3.54. The third-order valence-corrected chi connectivity index (χ3v) is 3.65. The molecule has 114 valence electrons. The predicted molar refractivity (Wildman–Crippen MR) is 86.8 cm³/mol. The van der Waals surface area contributed by atoms with Crippen LogP contribution in [0.25, 0.3) is 0 Å². The van der Waals surface area contributed by atoms with Gasteiger partial charge >= 0.3 is 0 Å². The summed E-state index contributed by atoms with van der Waals surface area (Å²) in [6, 6.07) is 3.64. The van der Waals surface area contributed by atoms with Crippen LogP contribution >= 0.6 is 23.2 Å². The predicted octanol–water partition coefficient (Wildman–Crippen LogP) is 4.28. The fraction of sp³-hybridized carbons (Fsp3) is 0.625. The summed E-state index contributed by atoms with van der Waals surface area (Å²) in [5.41, 5.74) is 1.49. The maximum absolute atomic E-state index is 6.17. The second kappa shape index (κ2) is 6.55. The van der Waals surface area contributed by atoms with Crippen molar-refractivity contribution in [3.8, 4) is 5.75 Å². The van der Waals surface area contributed by atoms with Gasteiger partial charge in [0.15, 0.2) is 0 Å². The van der Waals surface area contributed by atoms with Gasteiger partial charge in [-0.1, -0.05) is 44.0 Å². The van der Waals surface area contributed by atoms with E-state index in [4.69, 9.17) is 27.9 Å². The van der Waals surface area contributed by atoms with Crippen LogP contribution in [0.2, 0.25) is 10.0 Å². The average Bonchev–Trinajstić information content (AvgIpc) is 2.22. The number of ether oxygens (including phenoxy) is 1. The molecule has 1 aromatic rings. The van der Waals surface area contributed by atoms with Gasteiger partial charge in [-0.25, -0.2) is 0 Å². The van der Waals surface area contributed by atoms with Gasteiger partial charge in [0.1, 0.15) is 12.3 Å². The number of rotatable bonds is 5. The van der Waals surface area contributed by atoms with Crippen molar-refractivity contribution in [3.63, 3.8) is 0 Å². The summed E-state index contributed by atoms with van der Waals surface area (Å²) in [6.45, 7) is 12.1. The standard InChI is InChI=1S/C16H25Cl2NO/c1-15(2,3)10-16(4,5)19-9-11-7-12(17)8-13(18)14(11)20-6/h7-8,19H,9-10H2,1-6H3/p+1. The van der Waals surface area contributed by atoms with E-state index >= 15 is 0 Å². The van der Waals surface area contributed by atoms with E-state index in [1.165, 1.54) is 0 Å². The maximum Gasteiger partial charge on any atom is 0.146 e. The number of hydrogen-bond donors (Lipinski definition) is 1. The minimum absolute atomic E-state index is 0.151. The SMILES string of the molecule is COc1c(Cl)cc(Cl)cc1C[NH2+]C(C)(C)CC(C)(C)C. The van der Waals surface area contributed by atoms with E-state index in [0.717, 1.165) is 24.3 Å². The summed E-state index contributed by atoms with van der Waals surface area (Å²) in [5.74, 6) is 0.721. The van der Waals surface area contributed by atoms with Gasteiger partial charge in [0.05, 0.1) is 23.2 Å². The molecule has 0 heterocycles. The molecular formula is C16H26Cl2NO+. The molecule has 0 aromatic heterocycles. The molecule has 0 fully saturated rings. The molecule has 0 aliphatic heterocycles. The van der Waals surface area contributed by atoms with E-state index in [2.05, 4.69) is 39.9 Å². The lowest BCUT2D eigenvalue weighted by Gasteiger charge is -2.30. The summed E-state index contributed by atoms with van der Waals surface area (Å²) in [6.07, 6.45) is 1.12. The summed E-state index contributed by atoms with van der Waals surface area (Å²) in [7, 11) is 1.64. The Bertz CT molecular complexity index is 464. The van der Waals surface area contributed by atoms with Crippen LogP contribution in [0.15, 0.2) is 12.1 Å². The molecule has 0 saturated heterocycles. The lowest BCUT2D eigenvalue weighted by atomic mass is 9.82. The highest BCUT2D eigenvalue weighted by atomic mass is 35.5. The molecule has 0 saturated carbocycles. The van der Waals surface area contributed by atoms with Crippen molar-refractivity contribution < 1.29 is 10.1 Å². The van der Waals surface area contributed by atoms with Gasteiger partial charge in [0.2, 0.25) is 0 Å². The Morgan fingerprint density at radius 2 is 1.70 bits per heavy atom. The van der Waals surface area contributed by atoms with Gasteiger partial charge < -0.3 is 10.1 Å². The maximum atomic E-state index is 6.17. The van der Waals surface area contributed by atoms with Crippen LogP contribution in [0.4, 0.5) is 0 Å².